The maximum Gasteiger partial charge on any atom is 0.261 e. The largest absolute Gasteiger partial charge is 0.407 e. The molecular weight excluding hydrogens is 338 g/mol. The molecule has 0 heterocycles. The van der Waals surface area contributed by atoms with Gasteiger partial charge in [0.1, 0.15) is 0 Å². The molecule has 2 aromatic rings. The first-order valence-corrected chi connectivity index (χ1v) is 11.1. The molecule has 3 nitrogen and oxygen atoms in total. The van der Waals surface area contributed by atoms with E-state index in [2.05, 4.69) is 81.0 Å². The number of rotatable bonds is 8. The summed E-state index contributed by atoms with van der Waals surface area (Å²) in [6.07, 6.45) is 3.30. The predicted octanol–water partition coefficient (Wildman–Crippen LogP) is 3.29. The Kier molecular flexibility index (Phi) is 7.18. The van der Waals surface area contributed by atoms with Gasteiger partial charge in [-0.3, -0.25) is 4.79 Å². The minimum absolute atomic E-state index is 0.0235. The number of nitrogens with one attached hydrogen (secondary N) is 1. The van der Waals surface area contributed by atoms with Gasteiger partial charge in [-0.15, -0.1) is 0 Å². The van der Waals surface area contributed by atoms with Gasteiger partial charge in [-0.25, -0.2) is 0 Å². The van der Waals surface area contributed by atoms with Crippen LogP contribution in [0.1, 0.15) is 33.6 Å². The third-order valence-electron chi connectivity index (χ3n) is 4.69. The van der Waals surface area contributed by atoms with Crippen molar-refractivity contribution >= 4 is 24.6 Å². The van der Waals surface area contributed by atoms with E-state index in [0.717, 1.165) is 6.42 Å². The van der Waals surface area contributed by atoms with E-state index >= 15 is 0 Å². The fourth-order valence-electron chi connectivity index (χ4n) is 3.39. The molecule has 0 aliphatic heterocycles. The van der Waals surface area contributed by atoms with E-state index in [1.807, 2.05) is 12.1 Å². The van der Waals surface area contributed by atoms with Crippen molar-refractivity contribution in [3.8, 4) is 0 Å². The first-order chi connectivity index (χ1) is 12.4. The van der Waals surface area contributed by atoms with E-state index in [9.17, 15) is 4.79 Å². The van der Waals surface area contributed by atoms with E-state index in [1.54, 1.807) is 7.05 Å². The van der Waals surface area contributed by atoms with Gasteiger partial charge in [-0.2, -0.15) is 0 Å². The van der Waals surface area contributed by atoms with Crippen LogP contribution in [-0.4, -0.2) is 27.9 Å². The first-order valence-electron chi connectivity index (χ1n) is 9.19. The molecule has 1 amide bonds. The lowest BCUT2D eigenvalue weighted by atomic mass is 10.2. The Hall–Kier alpha value is -1.91. The third-order valence-corrected chi connectivity index (χ3v) is 9.69. The van der Waals surface area contributed by atoms with Crippen LogP contribution in [0, 0.1) is 6.42 Å². The Labute approximate surface area is 158 Å². The van der Waals surface area contributed by atoms with Gasteiger partial charge in [-0.1, -0.05) is 81.4 Å². The molecule has 0 unspecified atom stereocenters. The summed E-state index contributed by atoms with van der Waals surface area (Å²) in [5.74, 6) is 0.0618. The molecule has 26 heavy (non-hydrogen) atoms. The maximum atomic E-state index is 11.4. The van der Waals surface area contributed by atoms with Crippen molar-refractivity contribution in [2.24, 2.45) is 0 Å². The van der Waals surface area contributed by atoms with Crippen LogP contribution in [0.2, 0.25) is 5.04 Å². The van der Waals surface area contributed by atoms with E-state index in [4.69, 9.17) is 4.43 Å². The summed E-state index contributed by atoms with van der Waals surface area (Å²) < 4.78 is 6.73. The number of amides is 1. The number of carbonyl (C=O) groups is 1. The summed E-state index contributed by atoms with van der Waals surface area (Å²) in [4.78, 5) is 11.4. The van der Waals surface area contributed by atoms with Gasteiger partial charge in [0.15, 0.2) is 0 Å². The number of hydrogen-bond donors (Lipinski definition) is 1. The molecule has 0 saturated heterocycles. The number of carbonyl (C=O) groups excluding carboxylic acids is 1. The monoisotopic (exact) mass is 368 g/mol. The molecule has 4 heteroatoms. The molecule has 0 fully saturated rings. The topological polar surface area (TPSA) is 38.3 Å². The molecular formula is C22H30NO2Si. The highest BCUT2D eigenvalue weighted by Crippen LogP contribution is 2.36. The summed E-state index contributed by atoms with van der Waals surface area (Å²) in [7, 11) is -0.799. The second kappa shape index (κ2) is 9.15. The van der Waals surface area contributed by atoms with Crippen LogP contribution in [0.5, 0.6) is 0 Å². The Balaban J connectivity index is 2.31. The van der Waals surface area contributed by atoms with Gasteiger partial charge in [0.05, 0.1) is 0 Å². The molecule has 2 rings (SSSR count). The van der Waals surface area contributed by atoms with Crippen molar-refractivity contribution in [1.82, 2.24) is 5.32 Å². The van der Waals surface area contributed by atoms with E-state index in [1.165, 1.54) is 10.4 Å². The maximum absolute atomic E-state index is 11.4. The quantitative estimate of drug-likeness (QED) is 0.573. The lowest BCUT2D eigenvalue weighted by Gasteiger charge is -2.43. The van der Waals surface area contributed by atoms with Crippen molar-refractivity contribution in [2.45, 2.75) is 38.7 Å². The highest BCUT2D eigenvalue weighted by Gasteiger charge is 2.49. The van der Waals surface area contributed by atoms with Gasteiger partial charge in [-0.05, 0) is 28.3 Å². The minimum Gasteiger partial charge on any atom is -0.407 e. The smallest absolute Gasteiger partial charge is 0.261 e. The van der Waals surface area contributed by atoms with Crippen LogP contribution in [0.25, 0.3) is 0 Å². The van der Waals surface area contributed by atoms with Gasteiger partial charge in [0, 0.05) is 20.1 Å². The zero-order valence-corrected chi connectivity index (χ0v) is 17.3. The van der Waals surface area contributed by atoms with Crippen LogP contribution >= 0.6 is 0 Å². The SMILES string of the molecule is CNC(=O)CC[CH]CO[Si](c1ccccc1)(c1ccccc1)C(C)(C)C. The Morgan fingerprint density at radius 3 is 1.92 bits per heavy atom. The Bertz CT molecular complexity index is 641. The average Bonchev–Trinajstić information content (AvgIpc) is 2.65. The highest BCUT2D eigenvalue weighted by atomic mass is 28.4. The van der Waals surface area contributed by atoms with Crippen molar-refractivity contribution in [3.05, 3.63) is 67.1 Å². The van der Waals surface area contributed by atoms with Crippen LogP contribution in [0.4, 0.5) is 0 Å². The molecule has 0 aliphatic carbocycles. The lowest BCUT2D eigenvalue weighted by molar-refractivity contribution is -0.120. The summed E-state index contributed by atoms with van der Waals surface area (Å²) in [6.45, 7) is 7.35. The summed E-state index contributed by atoms with van der Waals surface area (Å²) in [6, 6.07) is 21.2. The van der Waals surface area contributed by atoms with E-state index in [0.29, 0.717) is 13.0 Å². The second-order valence-corrected chi connectivity index (χ2v) is 11.8. The molecule has 139 valence electrons. The fraction of sp³-hybridized carbons (Fsp3) is 0.364. The van der Waals surface area contributed by atoms with E-state index in [-0.39, 0.29) is 10.9 Å². The van der Waals surface area contributed by atoms with Gasteiger partial charge in [0.25, 0.3) is 8.32 Å². The molecule has 1 N–H and O–H groups in total. The lowest BCUT2D eigenvalue weighted by Crippen LogP contribution is -2.66. The van der Waals surface area contributed by atoms with Crippen molar-refractivity contribution in [2.75, 3.05) is 13.7 Å². The van der Waals surface area contributed by atoms with Crippen molar-refractivity contribution in [1.29, 1.82) is 0 Å². The van der Waals surface area contributed by atoms with Crippen LogP contribution in [-0.2, 0) is 9.22 Å². The van der Waals surface area contributed by atoms with Crippen molar-refractivity contribution in [3.63, 3.8) is 0 Å². The predicted molar refractivity (Wildman–Crippen MR) is 111 cm³/mol. The molecule has 0 spiro atoms. The zero-order valence-electron chi connectivity index (χ0n) is 16.3. The first kappa shape index (κ1) is 20.4. The number of hydrogen-bond acceptors (Lipinski definition) is 2. The average molecular weight is 369 g/mol. The van der Waals surface area contributed by atoms with Gasteiger partial charge < -0.3 is 9.74 Å². The van der Waals surface area contributed by atoms with E-state index < -0.39 is 8.32 Å². The molecule has 0 atom stereocenters. The molecule has 0 bridgehead atoms. The highest BCUT2D eigenvalue weighted by molar-refractivity contribution is 6.99. The number of unbranched alkanes of at least 4 members (excludes halogenated alkanes) is 1. The Morgan fingerprint density at radius 1 is 1.00 bits per heavy atom. The zero-order chi connectivity index (χ0) is 19.0. The molecule has 0 aromatic heterocycles. The standard InChI is InChI=1S/C22H30NO2Si/c1-22(2,3)26(19-13-7-5-8-14-19,20-15-9-6-10-16-20)25-18-12-11-17-21(24)23-4/h5-10,12-16H,11,17-18H2,1-4H3,(H,23,24). The summed E-state index contributed by atoms with van der Waals surface area (Å²) in [5, 5.41) is 5.19. The van der Waals surface area contributed by atoms with Crippen LogP contribution in [0.15, 0.2) is 60.7 Å². The molecule has 0 aliphatic rings. The Morgan fingerprint density at radius 2 is 1.50 bits per heavy atom. The summed E-state index contributed by atoms with van der Waals surface area (Å²) in [5.41, 5.74) is 0. The second-order valence-electron chi connectivity index (χ2n) is 7.47. The van der Waals surface area contributed by atoms with Crippen LogP contribution < -0.4 is 15.7 Å². The minimum atomic E-state index is -2.47. The fourth-order valence-corrected chi connectivity index (χ4v) is 7.91. The normalized spacial score (nSPS) is 12.0. The summed E-state index contributed by atoms with van der Waals surface area (Å²) >= 11 is 0. The molecule has 1 radical (unpaired) electrons. The van der Waals surface area contributed by atoms with Gasteiger partial charge in [0.2, 0.25) is 5.91 Å². The van der Waals surface area contributed by atoms with Gasteiger partial charge >= 0.3 is 0 Å². The number of benzene rings is 2. The molecule has 0 saturated carbocycles. The molecule has 2 aromatic carbocycles. The van der Waals surface area contributed by atoms with Crippen molar-refractivity contribution < 1.29 is 9.22 Å². The van der Waals surface area contributed by atoms with Crippen LogP contribution in [0.3, 0.4) is 0 Å². The third kappa shape index (κ3) is 4.62.